The Balaban J connectivity index is 1.36. The minimum absolute atomic E-state index is 0.0412. The van der Waals surface area contributed by atoms with E-state index >= 15 is 0 Å². The number of rotatable bonds is 11. The maximum Gasteiger partial charge on any atom is 0.255 e. The summed E-state index contributed by atoms with van der Waals surface area (Å²) >= 11 is 0. The van der Waals surface area contributed by atoms with E-state index in [-0.39, 0.29) is 36.5 Å². The van der Waals surface area contributed by atoms with E-state index in [1.807, 2.05) is 74.6 Å². The van der Waals surface area contributed by atoms with E-state index in [4.69, 9.17) is 9.47 Å². The Bertz CT molecular complexity index is 1590. The molecule has 5 atom stereocenters. The summed E-state index contributed by atoms with van der Waals surface area (Å²) in [5, 5.41) is 23.5. The summed E-state index contributed by atoms with van der Waals surface area (Å²) in [7, 11) is 1.97. The highest BCUT2D eigenvalue weighted by molar-refractivity contribution is 6.05. The number of aliphatic hydroxyl groups excluding tert-OH is 2. The van der Waals surface area contributed by atoms with E-state index in [0.717, 1.165) is 16.7 Å². The molecule has 1 amide bonds. The molecule has 8 nitrogen and oxygen atoms in total. The molecule has 1 fully saturated rings. The van der Waals surface area contributed by atoms with E-state index in [2.05, 4.69) is 10.2 Å². The van der Waals surface area contributed by atoms with E-state index in [0.29, 0.717) is 35.3 Å². The highest BCUT2D eigenvalue weighted by Crippen LogP contribution is 2.38. The molecule has 4 aromatic carbocycles. The molecule has 0 spiro atoms. The third-order valence-electron chi connectivity index (χ3n) is 8.35. The van der Waals surface area contributed by atoms with Crippen LogP contribution in [0.5, 0.6) is 0 Å². The second-order valence-electron chi connectivity index (χ2n) is 11.6. The zero-order valence-corrected chi connectivity index (χ0v) is 25.8. The highest BCUT2D eigenvalue weighted by Gasteiger charge is 2.34. The number of nitrogens with one attached hydrogen (secondary N) is 1. The Labute approximate surface area is 264 Å². The lowest BCUT2D eigenvalue weighted by atomic mass is 9.98. The van der Waals surface area contributed by atoms with Crippen LogP contribution in [0.15, 0.2) is 103 Å². The molecule has 8 heteroatoms. The van der Waals surface area contributed by atoms with Gasteiger partial charge in [-0.05, 0) is 61.9 Å². The first-order chi connectivity index (χ1) is 21.7. The number of carbonyl (C=O) groups excluding carboxylic acids is 2. The SMILES string of the molecule is CC(=O)c1cccc(NC(=O)c2cccc(C3OC(CN(C)C(C)C(O)c4ccccc4)CC(c4ccc(CO)cc4)O3)c2)c1. The molecule has 0 aromatic heterocycles. The molecule has 5 rings (SSSR count). The molecule has 45 heavy (non-hydrogen) atoms. The second-order valence-corrected chi connectivity index (χ2v) is 11.6. The largest absolute Gasteiger partial charge is 0.392 e. The smallest absolute Gasteiger partial charge is 0.255 e. The number of nitrogens with zero attached hydrogens (tertiary/aromatic N) is 1. The van der Waals surface area contributed by atoms with Gasteiger partial charge < -0.3 is 25.0 Å². The fourth-order valence-electron chi connectivity index (χ4n) is 5.54. The molecule has 1 aliphatic rings. The summed E-state index contributed by atoms with van der Waals surface area (Å²) < 4.78 is 13.0. The Morgan fingerprint density at radius 2 is 1.60 bits per heavy atom. The monoisotopic (exact) mass is 608 g/mol. The first-order valence-corrected chi connectivity index (χ1v) is 15.2. The van der Waals surface area contributed by atoms with Crippen molar-refractivity contribution in [1.82, 2.24) is 4.90 Å². The highest BCUT2D eigenvalue weighted by atomic mass is 16.7. The summed E-state index contributed by atoms with van der Waals surface area (Å²) in [5.74, 6) is -0.395. The molecule has 5 unspecified atom stereocenters. The van der Waals surface area contributed by atoms with Gasteiger partial charge in [0.2, 0.25) is 0 Å². The Morgan fingerprint density at radius 3 is 2.31 bits per heavy atom. The van der Waals surface area contributed by atoms with Crippen molar-refractivity contribution in [2.45, 2.75) is 57.5 Å². The Hall–Kier alpha value is -4.18. The molecule has 1 heterocycles. The Morgan fingerprint density at radius 1 is 0.889 bits per heavy atom. The minimum Gasteiger partial charge on any atom is -0.392 e. The lowest BCUT2D eigenvalue weighted by Gasteiger charge is -2.39. The normalized spacial score (nSPS) is 19.6. The van der Waals surface area contributed by atoms with Crippen LogP contribution in [0, 0.1) is 0 Å². The molecule has 0 bridgehead atoms. The zero-order chi connectivity index (χ0) is 31.9. The molecule has 1 saturated heterocycles. The van der Waals surface area contributed by atoms with Crippen molar-refractivity contribution < 1.29 is 29.3 Å². The van der Waals surface area contributed by atoms with Gasteiger partial charge in [-0.25, -0.2) is 0 Å². The maximum atomic E-state index is 13.2. The van der Waals surface area contributed by atoms with Crippen molar-refractivity contribution in [3.05, 3.63) is 137 Å². The third-order valence-corrected chi connectivity index (χ3v) is 8.35. The van der Waals surface area contributed by atoms with E-state index in [1.54, 1.807) is 42.5 Å². The molecule has 1 aliphatic heterocycles. The van der Waals surface area contributed by atoms with Crippen LogP contribution in [0.3, 0.4) is 0 Å². The molecule has 234 valence electrons. The van der Waals surface area contributed by atoms with E-state index in [9.17, 15) is 19.8 Å². The van der Waals surface area contributed by atoms with Crippen LogP contribution in [-0.2, 0) is 16.1 Å². The van der Waals surface area contributed by atoms with Crippen molar-refractivity contribution in [1.29, 1.82) is 0 Å². The standard InChI is InChI=1S/C37H40N2O6/c1-24(35(42)28-9-5-4-6-10-28)39(3)22-33-21-34(27-17-15-26(23-40)16-18-27)45-37(44-33)31-13-7-12-30(19-31)36(43)38-32-14-8-11-29(20-32)25(2)41/h4-20,24,33-35,37,40,42H,21-23H2,1-3H3,(H,38,43). The van der Waals surface area contributed by atoms with Crippen LogP contribution in [0.1, 0.15) is 81.7 Å². The lowest BCUT2D eigenvalue weighted by Crippen LogP contribution is -2.43. The van der Waals surface area contributed by atoms with Crippen LogP contribution >= 0.6 is 0 Å². The molecular weight excluding hydrogens is 568 g/mol. The minimum atomic E-state index is -0.747. The number of aliphatic hydroxyl groups is 2. The molecule has 0 radical (unpaired) electrons. The number of hydrogen-bond donors (Lipinski definition) is 3. The van der Waals surface area contributed by atoms with E-state index in [1.165, 1.54) is 6.92 Å². The summed E-state index contributed by atoms with van der Waals surface area (Å²) in [5.41, 5.74) is 4.81. The number of hydrogen-bond acceptors (Lipinski definition) is 7. The molecule has 3 N–H and O–H groups in total. The Kier molecular flexibility index (Phi) is 10.5. The zero-order valence-electron chi connectivity index (χ0n) is 25.8. The fourth-order valence-corrected chi connectivity index (χ4v) is 5.54. The van der Waals surface area contributed by atoms with Crippen LogP contribution in [0.2, 0.25) is 0 Å². The number of ether oxygens (including phenoxy) is 2. The van der Waals surface area contributed by atoms with Gasteiger partial charge in [-0.2, -0.15) is 0 Å². The molecule has 0 aliphatic carbocycles. The summed E-state index contributed by atoms with van der Waals surface area (Å²) in [6.45, 7) is 3.98. The summed E-state index contributed by atoms with van der Waals surface area (Å²) in [6.07, 6.45) is -1.37. The van der Waals surface area contributed by atoms with Crippen LogP contribution in [-0.4, -0.2) is 52.5 Å². The predicted octanol–water partition coefficient (Wildman–Crippen LogP) is 6.23. The number of Topliss-reactive ketones (excluding diaryl/α,β-unsaturated/α-hetero) is 1. The maximum absolute atomic E-state index is 13.2. The van der Waals surface area contributed by atoms with Gasteiger partial charge in [-0.15, -0.1) is 0 Å². The van der Waals surface area contributed by atoms with Gasteiger partial charge in [0, 0.05) is 41.4 Å². The number of amides is 1. The van der Waals surface area contributed by atoms with Gasteiger partial charge in [0.1, 0.15) is 0 Å². The third kappa shape index (κ3) is 8.11. The van der Waals surface area contributed by atoms with Crippen molar-refractivity contribution in [2.75, 3.05) is 18.9 Å². The number of benzene rings is 4. The number of anilines is 1. The van der Waals surface area contributed by atoms with Crippen LogP contribution in [0.25, 0.3) is 0 Å². The average molecular weight is 609 g/mol. The first kappa shape index (κ1) is 32.2. The van der Waals surface area contributed by atoms with Gasteiger partial charge in [0.15, 0.2) is 12.1 Å². The number of ketones is 1. The number of likely N-dealkylation sites (N-methyl/N-ethyl adjacent to an activating group) is 1. The van der Waals surface area contributed by atoms with E-state index < -0.39 is 12.4 Å². The van der Waals surface area contributed by atoms with Crippen molar-refractivity contribution in [3.63, 3.8) is 0 Å². The lowest BCUT2D eigenvalue weighted by molar-refractivity contribution is -0.253. The quantitative estimate of drug-likeness (QED) is 0.173. The number of carbonyl (C=O) groups is 2. The van der Waals surface area contributed by atoms with Gasteiger partial charge in [0.05, 0.1) is 24.9 Å². The predicted molar refractivity (Wildman–Crippen MR) is 173 cm³/mol. The average Bonchev–Trinajstić information content (AvgIpc) is 3.08. The first-order valence-electron chi connectivity index (χ1n) is 15.2. The van der Waals surface area contributed by atoms with Gasteiger partial charge in [-0.1, -0.05) is 78.9 Å². The van der Waals surface area contributed by atoms with Gasteiger partial charge in [-0.3, -0.25) is 14.5 Å². The van der Waals surface area contributed by atoms with Crippen molar-refractivity contribution in [2.24, 2.45) is 0 Å². The van der Waals surface area contributed by atoms with Gasteiger partial charge >= 0.3 is 0 Å². The summed E-state index contributed by atoms with van der Waals surface area (Å²) in [6, 6.07) is 31.1. The van der Waals surface area contributed by atoms with Crippen molar-refractivity contribution >= 4 is 17.4 Å². The van der Waals surface area contributed by atoms with Crippen LogP contribution < -0.4 is 5.32 Å². The summed E-state index contributed by atoms with van der Waals surface area (Å²) in [4.78, 5) is 27.1. The molecular formula is C37H40N2O6. The van der Waals surface area contributed by atoms with Crippen molar-refractivity contribution in [3.8, 4) is 0 Å². The second kappa shape index (κ2) is 14.7. The molecule has 0 saturated carbocycles. The topological polar surface area (TPSA) is 108 Å². The fraction of sp³-hybridized carbons (Fsp3) is 0.297. The van der Waals surface area contributed by atoms with Gasteiger partial charge in [0.25, 0.3) is 5.91 Å². The van der Waals surface area contributed by atoms with Crippen LogP contribution in [0.4, 0.5) is 5.69 Å². The molecule has 4 aromatic rings.